The summed E-state index contributed by atoms with van der Waals surface area (Å²) in [6.45, 7) is 3.64. The van der Waals surface area contributed by atoms with Crippen molar-refractivity contribution in [3.8, 4) is 0 Å². The van der Waals surface area contributed by atoms with Crippen molar-refractivity contribution >= 4 is 22.4 Å². The molecule has 0 bridgehead atoms. The smallest absolute Gasteiger partial charge is 0.273 e. The van der Waals surface area contributed by atoms with E-state index in [1.165, 1.54) is 0 Å². The van der Waals surface area contributed by atoms with Crippen molar-refractivity contribution in [3.63, 3.8) is 0 Å². The van der Waals surface area contributed by atoms with Crippen molar-refractivity contribution in [2.24, 2.45) is 0 Å². The van der Waals surface area contributed by atoms with Gasteiger partial charge in [0, 0.05) is 35.7 Å². The number of anilines is 1. The number of pyridine rings is 1. The topological polar surface area (TPSA) is 59.2 Å². The van der Waals surface area contributed by atoms with E-state index >= 15 is 0 Å². The fraction of sp³-hybridized carbons (Fsp3) is 0.333. The van der Waals surface area contributed by atoms with Gasteiger partial charge in [0.2, 0.25) is 0 Å². The highest BCUT2D eigenvalue weighted by Crippen LogP contribution is 2.26. The molecular weight excluding hydrogens is 238 g/mol. The second-order valence-corrected chi connectivity index (χ2v) is 5.11. The van der Waals surface area contributed by atoms with Crippen molar-refractivity contribution in [3.05, 3.63) is 35.7 Å². The molecule has 1 aliphatic rings. The molecular formula is C15H17N3O. The van der Waals surface area contributed by atoms with E-state index in [-0.39, 0.29) is 5.91 Å². The molecule has 1 amide bonds. The summed E-state index contributed by atoms with van der Waals surface area (Å²) in [6, 6.07) is 5.78. The Morgan fingerprint density at radius 1 is 1.26 bits per heavy atom. The van der Waals surface area contributed by atoms with Gasteiger partial charge < -0.3 is 10.6 Å². The fourth-order valence-electron chi connectivity index (χ4n) is 2.70. The monoisotopic (exact) mass is 255 g/mol. The molecule has 1 aromatic heterocycles. The molecule has 0 spiro atoms. The number of aryl methyl sites for hydroxylation is 1. The SMILES string of the molecule is Cc1cc(N)c2ccnc(C(=O)N3CCCC3)c2c1. The predicted octanol–water partition coefficient (Wildman–Crippen LogP) is 2.36. The molecule has 2 N–H and O–H groups in total. The highest BCUT2D eigenvalue weighted by atomic mass is 16.2. The van der Waals surface area contributed by atoms with Gasteiger partial charge in [-0.1, -0.05) is 0 Å². The van der Waals surface area contributed by atoms with Crippen LogP contribution in [0.3, 0.4) is 0 Å². The van der Waals surface area contributed by atoms with E-state index in [1.54, 1.807) is 6.20 Å². The molecule has 0 unspecified atom stereocenters. The van der Waals surface area contributed by atoms with Gasteiger partial charge in [-0.3, -0.25) is 9.78 Å². The van der Waals surface area contributed by atoms with Gasteiger partial charge in [-0.05, 0) is 43.5 Å². The number of amides is 1. The first kappa shape index (κ1) is 12.0. The van der Waals surface area contributed by atoms with Gasteiger partial charge in [0.15, 0.2) is 0 Å². The summed E-state index contributed by atoms with van der Waals surface area (Å²) in [6.07, 6.45) is 3.83. The van der Waals surface area contributed by atoms with E-state index in [4.69, 9.17) is 5.73 Å². The van der Waals surface area contributed by atoms with Crippen LogP contribution in [0.4, 0.5) is 5.69 Å². The molecule has 2 heterocycles. The molecule has 0 atom stereocenters. The summed E-state index contributed by atoms with van der Waals surface area (Å²) in [5.74, 6) is 0.0214. The Morgan fingerprint density at radius 2 is 2.00 bits per heavy atom. The van der Waals surface area contributed by atoms with E-state index in [1.807, 2.05) is 30.0 Å². The van der Waals surface area contributed by atoms with Crippen molar-refractivity contribution in [1.29, 1.82) is 0 Å². The van der Waals surface area contributed by atoms with Gasteiger partial charge in [0.25, 0.3) is 5.91 Å². The number of rotatable bonds is 1. The van der Waals surface area contributed by atoms with E-state index in [9.17, 15) is 4.79 Å². The van der Waals surface area contributed by atoms with Gasteiger partial charge in [0.05, 0.1) is 0 Å². The number of carbonyl (C=O) groups is 1. The quantitative estimate of drug-likeness (QED) is 0.796. The standard InChI is InChI=1S/C15H17N3O/c1-10-8-12-11(13(16)9-10)4-5-17-14(12)15(19)18-6-2-3-7-18/h4-5,8-9H,2-3,6-7,16H2,1H3. The number of nitrogens with two attached hydrogens (primary N) is 1. The Bertz CT molecular complexity index is 645. The minimum atomic E-state index is 0.0214. The number of nitrogen functional groups attached to an aromatic ring is 1. The molecule has 0 radical (unpaired) electrons. The Balaban J connectivity index is 2.15. The van der Waals surface area contributed by atoms with Gasteiger partial charge in [-0.25, -0.2) is 0 Å². The summed E-state index contributed by atoms with van der Waals surface area (Å²) < 4.78 is 0. The Morgan fingerprint density at radius 3 is 2.74 bits per heavy atom. The minimum absolute atomic E-state index is 0.0214. The van der Waals surface area contributed by atoms with Crippen LogP contribution < -0.4 is 5.73 Å². The first-order valence-electron chi connectivity index (χ1n) is 6.61. The lowest BCUT2D eigenvalue weighted by Crippen LogP contribution is -2.28. The lowest BCUT2D eigenvalue weighted by molar-refractivity contribution is 0.0789. The van der Waals surface area contributed by atoms with Crippen LogP contribution in [-0.2, 0) is 0 Å². The highest BCUT2D eigenvalue weighted by Gasteiger charge is 2.22. The number of hydrogen-bond acceptors (Lipinski definition) is 3. The maximum Gasteiger partial charge on any atom is 0.273 e. The number of hydrogen-bond donors (Lipinski definition) is 1. The minimum Gasteiger partial charge on any atom is -0.398 e. The Kier molecular flexibility index (Phi) is 2.85. The van der Waals surface area contributed by atoms with Gasteiger partial charge >= 0.3 is 0 Å². The molecule has 0 aliphatic carbocycles. The summed E-state index contributed by atoms with van der Waals surface area (Å²) in [7, 11) is 0. The molecule has 3 rings (SSSR count). The fourth-order valence-corrected chi connectivity index (χ4v) is 2.70. The third-order valence-corrected chi connectivity index (χ3v) is 3.65. The van der Waals surface area contributed by atoms with Crippen LogP contribution in [-0.4, -0.2) is 28.9 Å². The molecule has 4 nitrogen and oxygen atoms in total. The summed E-state index contributed by atoms with van der Waals surface area (Å²) in [5, 5.41) is 1.76. The van der Waals surface area contributed by atoms with Crippen molar-refractivity contribution in [2.45, 2.75) is 19.8 Å². The molecule has 1 fully saturated rings. The van der Waals surface area contributed by atoms with Gasteiger partial charge in [-0.2, -0.15) is 0 Å². The molecule has 1 aliphatic heterocycles. The van der Waals surface area contributed by atoms with Crippen LogP contribution >= 0.6 is 0 Å². The third kappa shape index (κ3) is 2.03. The van der Waals surface area contributed by atoms with Gasteiger partial charge in [-0.15, -0.1) is 0 Å². The van der Waals surface area contributed by atoms with Gasteiger partial charge in [0.1, 0.15) is 5.69 Å². The number of likely N-dealkylation sites (tertiary alicyclic amines) is 1. The van der Waals surface area contributed by atoms with E-state index in [2.05, 4.69) is 4.98 Å². The number of benzene rings is 1. The average molecular weight is 255 g/mol. The predicted molar refractivity (Wildman–Crippen MR) is 76.0 cm³/mol. The van der Waals surface area contributed by atoms with E-state index in [0.29, 0.717) is 11.4 Å². The van der Waals surface area contributed by atoms with Crippen molar-refractivity contribution in [1.82, 2.24) is 9.88 Å². The lowest BCUT2D eigenvalue weighted by atomic mass is 10.0. The zero-order chi connectivity index (χ0) is 13.4. The second-order valence-electron chi connectivity index (χ2n) is 5.11. The maximum absolute atomic E-state index is 12.5. The van der Waals surface area contributed by atoms with Crippen LogP contribution in [0.2, 0.25) is 0 Å². The summed E-state index contributed by atoms with van der Waals surface area (Å²) in [4.78, 5) is 18.7. The largest absolute Gasteiger partial charge is 0.398 e. The normalized spacial score (nSPS) is 15.1. The number of nitrogens with zero attached hydrogens (tertiary/aromatic N) is 2. The van der Waals surface area contributed by atoms with Crippen LogP contribution in [0.25, 0.3) is 10.8 Å². The first-order valence-corrected chi connectivity index (χ1v) is 6.61. The van der Waals surface area contributed by atoms with Crippen molar-refractivity contribution in [2.75, 3.05) is 18.8 Å². The Labute approximate surface area is 112 Å². The molecule has 19 heavy (non-hydrogen) atoms. The molecule has 1 saturated heterocycles. The zero-order valence-corrected chi connectivity index (χ0v) is 11.0. The molecule has 2 aromatic rings. The lowest BCUT2D eigenvalue weighted by Gasteiger charge is -2.16. The van der Waals surface area contributed by atoms with E-state index < -0.39 is 0 Å². The molecule has 98 valence electrons. The van der Waals surface area contributed by atoms with Crippen LogP contribution in [0.1, 0.15) is 28.9 Å². The summed E-state index contributed by atoms with van der Waals surface area (Å²) >= 11 is 0. The number of carbonyl (C=O) groups excluding carboxylic acids is 1. The highest BCUT2D eigenvalue weighted by molar-refractivity contribution is 6.08. The maximum atomic E-state index is 12.5. The van der Waals surface area contributed by atoms with E-state index in [0.717, 1.165) is 42.3 Å². The summed E-state index contributed by atoms with van der Waals surface area (Å²) in [5.41, 5.74) is 8.30. The second kappa shape index (κ2) is 4.53. The Hall–Kier alpha value is -2.10. The molecule has 1 aromatic carbocycles. The third-order valence-electron chi connectivity index (χ3n) is 3.65. The van der Waals surface area contributed by atoms with Crippen LogP contribution in [0.5, 0.6) is 0 Å². The molecule has 4 heteroatoms. The number of fused-ring (bicyclic) bond motifs is 1. The number of aromatic nitrogens is 1. The zero-order valence-electron chi connectivity index (χ0n) is 11.0. The van der Waals surface area contributed by atoms with Crippen LogP contribution in [0.15, 0.2) is 24.4 Å². The van der Waals surface area contributed by atoms with Crippen molar-refractivity contribution < 1.29 is 4.79 Å². The molecule has 0 saturated carbocycles. The van der Waals surface area contributed by atoms with Crippen LogP contribution in [0, 0.1) is 6.92 Å². The average Bonchev–Trinajstić information content (AvgIpc) is 2.91. The first-order chi connectivity index (χ1) is 9.16.